The monoisotopic (exact) mass is 221 g/mol. The zero-order valence-electron chi connectivity index (χ0n) is 8.28. The van der Waals surface area contributed by atoms with Crippen molar-refractivity contribution in [1.29, 1.82) is 0 Å². The molecular formula is C11H12ClN3. The lowest BCUT2D eigenvalue weighted by Gasteiger charge is -2.23. The number of hydrogen-bond donors (Lipinski definition) is 1. The van der Waals surface area contributed by atoms with Gasteiger partial charge in [0.15, 0.2) is 5.82 Å². The Morgan fingerprint density at radius 1 is 1.47 bits per heavy atom. The van der Waals surface area contributed by atoms with Crippen LogP contribution in [0.15, 0.2) is 18.3 Å². The Hall–Kier alpha value is -1.22. The van der Waals surface area contributed by atoms with E-state index in [0.717, 1.165) is 11.3 Å². The summed E-state index contributed by atoms with van der Waals surface area (Å²) in [6.07, 6.45) is 5.70. The van der Waals surface area contributed by atoms with E-state index in [1.54, 1.807) is 0 Å². The zero-order chi connectivity index (χ0) is 10.4. The third-order valence-corrected chi connectivity index (χ3v) is 3.44. The van der Waals surface area contributed by atoms with Crippen LogP contribution in [-0.4, -0.2) is 9.38 Å². The molecule has 0 atom stereocenters. The second kappa shape index (κ2) is 3.14. The van der Waals surface area contributed by atoms with E-state index < -0.39 is 0 Å². The number of nitrogens with two attached hydrogens (primary N) is 1. The minimum atomic E-state index is 0.544. The van der Waals surface area contributed by atoms with E-state index >= 15 is 0 Å². The second-order valence-electron chi connectivity index (χ2n) is 4.06. The largest absolute Gasteiger partial charge is 0.382 e. The van der Waals surface area contributed by atoms with Gasteiger partial charge in [-0.1, -0.05) is 18.0 Å². The molecule has 0 unspecified atom stereocenters. The quantitative estimate of drug-likeness (QED) is 0.805. The number of aromatic nitrogens is 2. The summed E-state index contributed by atoms with van der Waals surface area (Å²) in [7, 11) is 0. The van der Waals surface area contributed by atoms with Crippen LogP contribution in [0.25, 0.3) is 5.52 Å². The summed E-state index contributed by atoms with van der Waals surface area (Å²) in [5, 5.41) is 0.674. The number of nitrogens with zero attached hydrogens (tertiary/aromatic N) is 2. The van der Waals surface area contributed by atoms with E-state index in [4.69, 9.17) is 17.3 Å². The molecule has 3 rings (SSSR count). The standard InChI is InChI=1S/C11H12ClN3/c12-8-5-2-6-15-9(8)10(13)14-11(15)7-3-1-4-7/h2,5-7H,1,3-4,13H2. The number of fused-ring (bicyclic) bond motifs is 1. The molecule has 0 radical (unpaired) electrons. The molecule has 2 N–H and O–H groups in total. The summed E-state index contributed by atoms with van der Waals surface area (Å²) in [6, 6.07) is 3.78. The molecule has 0 aromatic carbocycles. The number of imidazole rings is 1. The molecule has 0 bridgehead atoms. The topological polar surface area (TPSA) is 43.3 Å². The van der Waals surface area contributed by atoms with E-state index in [0.29, 0.717) is 16.8 Å². The van der Waals surface area contributed by atoms with Gasteiger partial charge in [-0.05, 0) is 25.0 Å². The highest BCUT2D eigenvalue weighted by atomic mass is 35.5. The maximum Gasteiger partial charge on any atom is 0.151 e. The predicted octanol–water partition coefficient (Wildman–Crippen LogP) is 2.84. The van der Waals surface area contributed by atoms with Gasteiger partial charge in [0, 0.05) is 12.1 Å². The molecule has 4 heteroatoms. The Morgan fingerprint density at radius 3 is 2.93 bits per heavy atom. The minimum absolute atomic E-state index is 0.544. The summed E-state index contributed by atoms with van der Waals surface area (Å²) < 4.78 is 2.03. The van der Waals surface area contributed by atoms with Gasteiger partial charge in [-0.15, -0.1) is 0 Å². The van der Waals surface area contributed by atoms with Gasteiger partial charge in [0.1, 0.15) is 11.3 Å². The number of pyridine rings is 1. The smallest absolute Gasteiger partial charge is 0.151 e. The fraction of sp³-hybridized carbons (Fsp3) is 0.364. The van der Waals surface area contributed by atoms with E-state index in [9.17, 15) is 0 Å². The number of anilines is 1. The van der Waals surface area contributed by atoms with Crippen molar-refractivity contribution < 1.29 is 0 Å². The summed E-state index contributed by atoms with van der Waals surface area (Å²) in [5.74, 6) is 2.17. The van der Waals surface area contributed by atoms with Gasteiger partial charge >= 0.3 is 0 Å². The molecule has 3 nitrogen and oxygen atoms in total. The number of halogens is 1. The van der Waals surface area contributed by atoms with E-state index in [1.165, 1.54) is 19.3 Å². The lowest BCUT2D eigenvalue weighted by atomic mass is 9.85. The number of nitrogen functional groups attached to an aromatic ring is 1. The van der Waals surface area contributed by atoms with Crippen LogP contribution in [0.4, 0.5) is 5.82 Å². The van der Waals surface area contributed by atoms with E-state index in [1.807, 2.05) is 22.7 Å². The molecule has 1 aliphatic rings. The maximum absolute atomic E-state index is 6.10. The Morgan fingerprint density at radius 2 is 2.27 bits per heavy atom. The van der Waals surface area contributed by atoms with Gasteiger partial charge in [-0.25, -0.2) is 4.98 Å². The molecule has 0 amide bonds. The molecule has 2 aromatic rings. The van der Waals surface area contributed by atoms with Crippen LogP contribution in [0.1, 0.15) is 31.0 Å². The summed E-state index contributed by atoms with van der Waals surface area (Å²) >= 11 is 6.10. The molecule has 0 saturated heterocycles. The van der Waals surface area contributed by atoms with Gasteiger partial charge in [0.25, 0.3) is 0 Å². The highest BCUT2D eigenvalue weighted by molar-refractivity contribution is 6.34. The molecule has 78 valence electrons. The summed E-state index contributed by atoms with van der Waals surface area (Å²) in [4.78, 5) is 4.43. The first kappa shape index (κ1) is 9.04. The lowest BCUT2D eigenvalue weighted by molar-refractivity contribution is 0.400. The van der Waals surface area contributed by atoms with Crippen molar-refractivity contribution >= 4 is 22.9 Å². The van der Waals surface area contributed by atoms with Gasteiger partial charge in [-0.3, -0.25) is 0 Å². The Bertz CT molecular complexity index is 514. The van der Waals surface area contributed by atoms with Crippen LogP contribution in [0.3, 0.4) is 0 Å². The van der Waals surface area contributed by atoms with Crippen molar-refractivity contribution in [2.75, 3.05) is 5.73 Å². The minimum Gasteiger partial charge on any atom is -0.382 e. The van der Waals surface area contributed by atoms with E-state index in [2.05, 4.69) is 4.98 Å². The Balaban J connectivity index is 2.27. The SMILES string of the molecule is Nc1nc(C2CCC2)n2cccc(Cl)c12. The highest BCUT2D eigenvalue weighted by Gasteiger charge is 2.25. The normalized spacial score (nSPS) is 16.9. The molecule has 0 spiro atoms. The van der Waals surface area contributed by atoms with Gasteiger partial charge in [-0.2, -0.15) is 0 Å². The Labute approximate surface area is 92.9 Å². The van der Waals surface area contributed by atoms with Gasteiger partial charge < -0.3 is 10.1 Å². The molecule has 2 heterocycles. The predicted molar refractivity (Wildman–Crippen MR) is 61.2 cm³/mol. The van der Waals surface area contributed by atoms with Crippen LogP contribution in [0.2, 0.25) is 5.02 Å². The fourth-order valence-corrected chi connectivity index (χ4v) is 2.36. The first-order valence-corrected chi connectivity index (χ1v) is 5.57. The summed E-state index contributed by atoms with van der Waals surface area (Å²) in [5.41, 5.74) is 6.73. The highest BCUT2D eigenvalue weighted by Crippen LogP contribution is 2.37. The van der Waals surface area contributed by atoms with Crippen LogP contribution in [-0.2, 0) is 0 Å². The van der Waals surface area contributed by atoms with Gasteiger partial charge in [0.05, 0.1) is 5.02 Å². The second-order valence-corrected chi connectivity index (χ2v) is 4.47. The molecule has 0 aliphatic heterocycles. The first-order chi connectivity index (χ1) is 7.27. The van der Waals surface area contributed by atoms with Crippen molar-refractivity contribution in [3.63, 3.8) is 0 Å². The first-order valence-electron chi connectivity index (χ1n) is 5.19. The third kappa shape index (κ3) is 1.23. The molecule has 1 saturated carbocycles. The molecular weight excluding hydrogens is 210 g/mol. The molecule has 1 aliphatic carbocycles. The third-order valence-electron chi connectivity index (χ3n) is 3.14. The molecule has 1 fully saturated rings. The van der Waals surface area contributed by atoms with Crippen molar-refractivity contribution in [2.24, 2.45) is 0 Å². The van der Waals surface area contributed by atoms with Crippen LogP contribution < -0.4 is 5.73 Å². The average Bonchev–Trinajstić information content (AvgIpc) is 2.43. The van der Waals surface area contributed by atoms with Crippen LogP contribution in [0, 0.1) is 0 Å². The van der Waals surface area contributed by atoms with Crippen LogP contribution in [0.5, 0.6) is 0 Å². The maximum atomic E-state index is 6.10. The Kier molecular flexibility index (Phi) is 1.89. The lowest BCUT2D eigenvalue weighted by Crippen LogP contribution is -2.12. The summed E-state index contributed by atoms with van der Waals surface area (Å²) in [6.45, 7) is 0. The van der Waals surface area contributed by atoms with Crippen molar-refractivity contribution in [1.82, 2.24) is 9.38 Å². The average molecular weight is 222 g/mol. The fourth-order valence-electron chi connectivity index (χ4n) is 2.10. The molecule has 2 aromatic heterocycles. The van der Waals surface area contributed by atoms with Crippen LogP contribution >= 0.6 is 11.6 Å². The zero-order valence-corrected chi connectivity index (χ0v) is 9.04. The van der Waals surface area contributed by atoms with Crippen molar-refractivity contribution in [2.45, 2.75) is 25.2 Å². The van der Waals surface area contributed by atoms with Crippen molar-refractivity contribution in [3.8, 4) is 0 Å². The van der Waals surface area contributed by atoms with Gasteiger partial charge in [0.2, 0.25) is 0 Å². The van der Waals surface area contributed by atoms with E-state index in [-0.39, 0.29) is 0 Å². The van der Waals surface area contributed by atoms with Crippen molar-refractivity contribution in [3.05, 3.63) is 29.2 Å². The molecule has 15 heavy (non-hydrogen) atoms. The number of hydrogen-bond acceptors (Lipinski definition) is 2. The number of rotatable bonds is 1.